The highest BCUT2D eigenvalue weighted by Gasteiger charge is 2.11. The Bertz CT molecular complexity index is 1410. The molecule has 0 aliphatic heterocycles. The van der Waals surface area contributed by atoms with Crippen molar-refractivity contribution in [2.24, 2.45) is 0 Å². The monoisotopic (exact) mass is 583 g/mol. The lowest BCUT2D eigenvalue weighted by molar-refractivity contribution is -0.126. The van der Waals surface area contributed by atoms with Crippen LogP contribution in [0.5, 0.6) is 17.2 Å². The first-order chi connectivity index (χ1) is 20.8. The van der Waals surface area contributed by atoms with Crippen molar-refractivity contribution in [3.63, 3.8) is 0 Å². The fourth-order valence-corrected chi connectivity index (χ4v) is 3.94. The van der Waals surface area contributed by atoms with Crippen LogP contribution in [0.4, 0.5) is 0 Å². The molecule has 3 amide bonds. The second-order valence-corrected chi connectivity index (χ2v) is 9.74. The molecule has 0 saturated heterocycles. The Hall–Kier alpha value is -5.31. The molecular weight excluding hydrogens is 546 g/mol. The van der Waals surface area contributed by atoms with Crippen LogP contribution in [0, 0.1) is 0 Å². The highest BCUT2D eigenvalue weighted by molar-refractivity contribution is 5.93. The molecule has 0 heterocycles. The molecule has 0 spiro atoms. The molecule has 0 aliphatic rings. The zero-order valence-corrected chi connectivity index (χ0v) is 23.9. The fraction of sp³-hybridized carbons (Fsp3) is 0.206. The minimum Gasteiger partial charge on any atom is -0.508 e. The third kappa shape index (κ3) is 12.8. The number of amides is 3. The van der Waals surface area contributed by atoms with Crippen molar-refractivity contribution < 1.29 is 29.7 Å². The molecule has 9 nitrogen and oxygen atoms in total. The van der Waals surface area contributed by atoms with Gasteiger partial charge in [-0.1, -0.05) is 36.4 Å². The molecule has 0 aliphatic carbocycles. The first kappa shape index (κ1) is 32.2. The van der Waals surface area contributed by atoms with Gasteiger partial charge in [-0.15, -0.1) is 0 Å². The van der Waals surface area contributed by atoms with Gasteiger partial charge in [-0.3, -0.25) is 14.4 Å². The molecule has 0 saturated carbocycles. The van der Waals surface area contributed by atoms with Crippen molar-refractivity contribution >= 4 is 35.9 Å². The summed E-state index contributed by atoms with van der Waals surface area (Å²) in [5.41, 5.74) is 2.36. The third-order valence-corrected chi connectivity index (χ3v) is 6.32. The smallest absolute Gasteiger partial charge is 0.246 e. The first-order valence-corrected chi connectivity index (χ1v) is 14.0. The summed E-state index contributed by atoms with van der Waals surface area (Å²) in [5, 5.41) is 33.8. The summed E-state index contributed by atoms with van der Waals surface area (Å²) in [6.45, 7) is 1.75. The Morgan fingerprint density at radius 3 is 1.35 bits per heavy atom. The van der Waals surface area contributed by atoms with E-state index in [1.54, 1.807) is 95.9 Å². The number of hydrogen-bond donors (Lipinski definition) is 5. The number of carbonyl (C=O) groups is 3. The molecule has 3 aromatic carbocycles. The molecule has 0 unspecified atom stereocenters. The predicted octanol–water partition coefficient (Wildman–Crippen LogP) is 4.47. The number of phenols is 3. The van der Waals surface area contributed by atoms with Crippen molar-refractivity contribution in [1.82, 2.24) is 15.5 Å². The van der Waals surface area contributed by atoms with Crippen LogP contribution in [-0.4, -0.2) is 64.1 Å². The van der Waals surface area contributed by atoms with Crippen molar-refractivity contribution in [2.45, 2.75) is 19.3 Å². The van der Waals surface area contributed by atoms with Gasteiger partial charge in [-0.25, -0.2) is 0 Å². The normalized spacial score (nSPS) is 11.3. The molecule has 43 heavy (non-hydrogen) atoms. The SMILES string of the molecule is O=C(C=Cc1ccc(O)cc1)NCCCCN(CCCNC(=O)C=Cc1ccc(O)cc1)C(=O)C=Cc1ccc(O)cc1. The number of rotatable bonds is 15. The van der Waals surface area contributed by atoms with E-state index in [1.807, 2.05) is 0 Å². The average Bonchev–Trinajstić information content (AvgIpc) is 3.01. The van der Waals surface area contributed by atoms with Gasteiger partial charge in [0.15, 0.2) is 0 Å². The molecular formula is C34H37N3O6. The lowest BCUT2D eigenvalue weighted by Crippen LogP contribution is -2.34. The van der Waals surface area contributed by atoms with Crippen LogP contribution < -0.4 is 10.6 Å². The zero-order valence-electron chi connectivity index (χ0n) is 23.9. The maximum absolute atomic E-state index is 13.0. The van der Waals surface area contributed by atoms with Crippen molar-refractivity contribution in [3.05, 3.63) is 108 Å². The Labute approximate surface area is 251 Å². The molecule has 3 rings (SSSR count). The third-order valence-electron chi connectivity index (χ3n) is 6.32. The predicted molar refractivity (Wildman–Crippen MR) is 168 cm³/mol. The quantitative estimate of drug-likeness (QED) is 0.132. The summed E-state index contributed by atoms with van der Waals surface area (Å²) < 4.78 is 0. The molecule has 0 radical (unpaired) electrons. The van der Waals surface area contributed by atoms with E-state index < -0.39 is 0 Å². The minimum atomic E-state index is -0.256. The second-order valence-electron chi connectivity index (χ2n) is 9.74. The van der Waals surface area contributed by atoms with E-state index in [9.17, 15) is 29.7 Å². The van der Waals surface area contributed by atoms with Gasteiger partial charge >= 0.3 is 0 Å². The van der Waals surface area contributed by atoms with Gasteiger partial charge in [0.25, 0.3) is 0 Å². The summed E-state index contributed by atoms with van der Waals surface area (Å²) >= 11 is 0. The molecule has 0 bridgehead atoms. The summed E-state index contributed by atoms with van der Waals surface area (Å²) in [6, 6.07) is 19.5. The topological polar surface area (TPSA) is 139 Å². The van der Waals surface area contributed by atoms with Gasteiger partial charge in [-0.05, 0) is 90.6 Å². The Balaban J connectivity index is 1.45. The first-order valence-electron chi connectivity index (χ1n) is 14.0. The van der Waals surface area contributed by atoms with Crippen LogP contribution >= 0.6 is 0 Å². The lowest BCUT2D eigenvalue weighted by atomic mass is 10.2. The molecule has 0 atom stereocenters. The van der Waals surface area contributed by atoms with E-state index in [0.717, 1.165) is 16.7 Å². The zero-order chi connectivity index (χ0) is 30.9. The standard InChI is InChI=1S/C34H37N3O6/c38-29-13-4-26(5-14-29)10-19-32(41)35-22-1-2-24-37(34(43)21-12-28-8-17-31(40)18-9-28)25-3-23-36-33(42)20-11-27-6-15-30(39)16-7-27/h4-21,38-40H,1-3,22-25H2,(H,35,41)(H,36,42). The van der Waals surface area contributed by atoms with Gasteiger partial charge in [0.2, 0.25) is 17.7 Å². The van der Waals surface area contributed by atoms with Crippen LogP contribution in [-0.2, 0) is 14.4 Å². The Morgan fingerprint density at radius 1 is 0.535 bits per heavy atom. The number of aromatic hydroxyl groups is 3. The van der Waals surface area contributed by atoms with Crippen LogP contribution in [0.3, 0.4) is 0 Å². The highest BCUT2D eigenvalue weighted by atomic mass is 16.3. The molecule has 0 fully saturated rings. The summed E-state index contributed by atoms with van der Waals surface area (Å²) in [5.74, 6) is -0.196. The molecule has 0 aromatic heterocycles. The van der Waals surface area contributed by atoms with Crippen molar-refractivity contribution in [1.29, 1.82) is 0 Å². The van der Waals surface area contributed by atoms with E-state index in [1.165, 1.54) is 18.2 Å². The highest BCUT2D eigenvalue weighted by Crippen LogP contribution is 2.13. The van der Waals surface area contributed by atoms with Crippen LogP contribution in [0.1, 0.15) is 36.0 Å². The minimum absolute atomic E-state index is 0.146. The maximum atomic E-state index is 13.0. The largest absolute Gasteiger partial charge is 0.508 e. The van der Waals surface area contributed by atoms with E-state index in [-0.39, 0.29) is 35.0 Å². The molecule has 5 N–H and O–H groups in total. The van der Waals surface area contributed by atoms with Gasteiger partial charge in [0, 0.05) is 44.4 Å². The molecule has 9 heteroatoms. The number of nitrogens with zero attached hydrogens (tertiary/aromatic N) is 1. The number of nitrogens with one attached hydrogen (secondary N) is 2. The second kappa shape index (κ2) is 17.5. The number of carbonyl (C=O) groups excluding carboxylic acids is 3. The number of benzene rings is 3. The van der Waals surface area contributed by atoms with Gasteiger partial charge in [-0.2, -0.15) is 0 Å². The van der Waals surface area contributed by atoms with Crippen LogP contribution in [0.2, 0.25) is 0 Å². The van der Waals surface area contributed by atoms with Gasteiger partial charge in [0.1, 0.15) is 17.2 Å². The Morgan fingerprint density at radius 2 is 0.907 bits per heavy atom. The number of phenolic OH excluding ortho intramolecular Hbond substituents is 3. The number of unbranched alkanes of at least 4 members (excludes halogenated alkanes) is 1. The lowest BCUT2D eigenvalue weighted by Gasteiger charge is -2.21. The number of hydrogen-bond acceptors (Lipinski definition) is 6. The van der Waals surface area contributed by atoms with Gasteiger partial charge < -0.3 is 30.9 Å². The van der Waals surface area contributed by atoms with Gasteiger partial charge in [0.05, 0.1) is 0 Å². The summed E-state index contributed by atoms with van der Waals surface area (Å²) in [6.07, 6.45) is 11.2. The van der Waals surface area contributed by atoms with Crippen LogP contribution in [0.15, 0.2) is 91.0 Å². The van der Waals surface area contributed by atoms with Crippen LogP contribution in [0.25, 0.3) is 18.2 Å². The van der Waals surface area contributed by atoms with Crippen molar-refractivity contribution in [2.75, 3.05) is 26.2 Å². The van der Waals surface area contributed by atoms with E-state index in [0.29, 0.717) is 45.4 Å². The van der Waals surface area contributed by atoms with E-state index in [4.69, 9.17) is 0 Å². The summed E-state index contributed by atoms with van der Waals surface area (Å²) in [4.78, 5) is 39.0. The van der Waals surface area contributed by atoms with E-state index >= 15 is 0 Å². The average molecular weight is 584 g/mol. The van der Waals surface area contributed by atoms with Crippen molar-refractivity contribution in [3.8, 4) is 17.2 Å². The fourth-order valence-electron chi connectivity index (χ4n) is 3.94. The maximum Gasteiger partial charge on any atom is 0.246 e. The summed E-state index contributed by atoms with van der Waals surface area (Å²) in [7, 11) is 0. The molecule has 224 valence electrons. The Kier molecular flexibility index (Phi) is 13.1. The van der Waals surface area contributed by atoms with E-state index in [2.05, 4.69) is 10.6 Å². The molecule has 3 aromatic rings.